The van der Waals surface area contributed by atoms with Crippen LogP contribution in [0.3, 0.4) is 0 Å². The molecule has 0 amide bonds. The summed E-state index contributed by atoms with van der Waals surface area (Å²) in [5.74, 6) is 1.57. The molecule has 2 aromatic rings. The van der Waals surface area contributed by atoms with E-state index in [4.69, 9.17) is 11.6 Å². The lowest BCUT2D eigenvalue weighted by molar-refractivity contribution is 0.315. The first-order valence-corrected chi connectivity index (χ1v) is 7.39. The van der Waals surface area contributed by atoms with Gasteiger partial charge in [-0.1, -0.05) is 23.7 Å². The number of rotatable bonds is 4. The molecule has 1 saturated heterocycles. The molecule has 3 rings (SSSR count). The quantitative estimate of drug-likeness (QED) is 0.935. The Hall–Kier alpha value is -1.46. The second kappa shape index (κ2) is 6.33. The third-order valence-corrected chi connectivity index (χ3v) is 3.98. The molecule has 1 aromatic heterocycles. The molecule has 0 saturated carbocycles. The van der Waals surface area contributed by atoms with Crippen molar-refractivity contribution in [2.45, 2.75) is 25.8 Å². The van der Waals surface area contributed by atoms with Gasteiger partial charge in [0.2, 0.25) is 0 Å². The summed E-state index contributed by atoms with van der Waals surface area (Å²) < 4.78 is 1.94. The maximum Gasteiger partial charge on any atom is 0.155 e. The summed E-state index contributed by atoms with van der Waals surface area (Å²) in [6, 6.07) is 7.85. The maximum absolute atomic E-state index is 6.02. The molecule has 1 N–H and O–H groups in total. The van der Waals surface area contributed by atoms with Crippen molar-refractivity contribution in [1.29, 1.82) is 0 Å². The Morgan fingerprint density at radius 2 is 2.15 bits per heavy atom. The second-order valence-corrected chi connectivity index (χ2v) is 5.71. The third kappa shape index (κ3) is 3.35. The number of piperidine rings is 1. The molecule has 20 heavy (non-hydrogen) atoms. The molecule has 1 aliphatic rings. The largest absolute Gasteiger partial charge is 0.317 e. The van der Waals surface area contributed by atoms with Gasteiger partial charge in [0.05, 0.1) is 0 Å². The third-order valence-electron chi connectivity index (χ3n) is 3.75. The van der Waals surface area contributed by atoms with Crippen molar-refractivity contribution >= 4 is 11.6 Å². The molecular formula is C14H18ClN5. The highest BCUT2D eigenvalue weighted by molar-refractivity contribution is 6.30. The van der Waals surface area contributed by atoms with Crippen molar-refractivity contribution in [3.8, 4) is 0 Å². The van der Waals surface area contributed by atoms with Crippen molar-refractivity contribution in [2.75, 3.05) is 13.1 Å². The van der Waals surface area contributed by atoms with Gasteiger partial charge in [-0.3, -0.25) is 0 Å². The van der Waals surface area contributed by atoms with Crippen LogP contribution in [0.5, 0.6) is 0 Å². The second-order valence-electron chi connectivity index (χ2n) is 5.28. The van der Waals surface area contributed by atoms with E-state index in [2.05, 4.69) is 26.9 Å². The van der Waals surface area contributed by atoms with Gasteiger partial charge in [-0.2, -0.15) is 0 Å². The van der Waals surface area contributed by atoms with Crippen molar-refractivity contribution in [3.05, 3.63) is 40.7 Å². The maximum atomic E-state index is 6.02. The highest BCUT2D eigenvalue weighted by Gasteiger charge is 2.16. The number of nitrogens with zero attached hydrogens (tertiary/aromatic N) is 4. The zero-order valence-corrected chi connectivity index (χ0v) is 12.1. The summed E-state index contributed by atoms with van der Waals surface area (Å²) in [4.78, 5) is 0. The van der Waals surface area contributed by atoms with Gasteiger partial charge < -0.3 is 5.32 Å². The van der Waals surface area contributed by atoms with Gasteiger partial charge in [-0.25, -0.2) is 4.68 Å². The monoisotopic (exact) mass is 291 g/mol. The Labute approximate surface area is 123 Å². The Morgan fingerprint density at radius 3 is 2.95 bits per heavy atom. The lowest BCUT2D eigenvalue weighted by Crippen LogP contribution is -2.30. The summed E-state index contributed by atoms with van der Waals surface area (Å²) in [7, 11) is 0. The van der Waals surface area contributed by atoms with Crippen LogP contribution in [0, 0.1) is 5.92 Å². The van der Waals surface area contributed by atoms with Gasteiger partial charge in [0.15, 0.2) is 5.82 Å². The number of benzene rings is 1. The fourth-order valence-electron chi connectivity index (χ4n) is 2.63. The molecule has 106 valence electrons. The molecule has 0 bridgehead atoms. The van der Waals surface area contributed by atoms with Gasteiger partial charge >= 0.3 is 0 Å². The zero-order chi connectivity index (χ0) is 13.8. The molecule has 2 heterocycles. The fourth-order valence-corrected chi connectivity index (χ4v) is 2.84. The number of hydrogen-bond acceptors (Lipinski definition) is 4. The first kappa shape index (κ1) is 13.5. The SMILES string of the molecule is Clc1cccc(Cc2nnnn2CC2CCNCC2)c1. The van der Waals surface area contributed by atoms with Crippen LogP contribution in [0.25, 0.3) is 0 Å². The number of hydrogen-bond donors (Lipinski definition) is 1. The molecule has 0 spiro atoms. The van der Waals surface area contributed by atoms with Gasteiger partial charge in [-0.15, -0.1) is 5.10 Å². The number of aromatic nitrogens is 4. The molecule has 1 aromatic carbocycles. The van der Waals surface area contributed by atoms with Gasteiger partial charge in [0, 0.05) is 18.0 Å². The van der Waals surface area contributed by atoms with E-state index < -0.39 is 0 Å². The molecule has 1 aliphatic heterocycles. The number of tetrazole rings is 1. The first-order chi connectivity index (χ1) is 9.81. The number of halogens is 1. The predicted molar refractivity (Wildman–Crippen MR) is 77.7 cm³/mol. The van der Waals surface area contributed by atoms with Gasteiger partial charge in [0.1, 0.15) is 0 Å². The molecule has 0 radical (unpaired) electrons. The smallest absolute Gasteiger partial charge is 0.155 e. The van der Waals surface area contributed by atoms with Crippen LogP contribution in [0.15, 0.2) is 24.3 Å². The lowest BCUT2D eigenvalue weighted by atomic mass is 9.98. The van der Waals surface area contributed by atoms with Crippen LogP contribution in [-0.4, -0.2) is 33.3 Å². The molecule has 0 atom stereocenters. The van der Waals surface area contributed by atoms with Crippen LogP contribution < -0.4 is 5.32 Å². The molecule has 6 heteroatoms. The fraction of sp³-hybridized carbons (Fsp3) is 0.500. The van der Waals surface area contributed by atoms with Crippen molar-refractivity contribution in [1.82, 2.24) is 25.5 Å². The molecule has 1 fully saturated rings. The van der Waals surface area contributed by atoms with Crippen LogP contribution in [0.1, 0.15) is 24.2 Å². The minimum Gasteiger partial charge on any atom is -0.317 e. The molecule has 0 aliphatic carbocycles. The Balaban J connectivity index is 1.69. The van der Waals surface area contributed by atoms with Crippen LogP contribution in [0.2, 0.25) is 5.02 Å². The first-order valence-electron chi connectivity index (χ1n) is 7.01. The van der Waals surface area contributed by atoms with Crippen molar-refractivity contribution < 1.29 is 0 Å². The van der Waals surface area contributed by atoms with E-state index >= 15 is 0 Å². The van der Waals surface area contributed by atoms with E-state index in [9.17, 15) is 0 Å². The van der Waals surface area contributed by atoms with E-state index in [-0.39, 0.29) is 0 Å². The van der Waals surface area contributed by atoms with Crippen LogP contribution >= 0.6 is 11.6 Å². The highest BCUT2D eigenvalue weighted by atomic mass is 35.5. The minimum absolute atomic E-state index is 0.665. The highest BCUT2D eigenvalue weighted by Crippen LogP contribution is 2.16. The zero-order valence-electron chi connectivity index (χ0n) is 11.3. The topological polar surface area (TPSA) is 55.6 Å². The van der Waals surface area contributed by atoms with Crippen LogP contribution in [0.4, 0.5) is 0 Å². The molecule has 5 nitrogen and oxygen atoms in total. The average molecular weight is 292 g/mol. The molecule has 0 unspecified atom stereocenters. The predicted octanol–water partition coefficient (Wildman–Crippen LogP) is 1.92. The van der Waals surface area contributed by atoms with E-state index in [0.717, 1.165) is 42.5 Å². The average Bonchev–Trinajstić information content (AvgIpc) is 2.87. The normalized spacial score (nSPS) is 16.4. The summed E-state index contributed by atoms with van der Waals surface area (Å²) in [5.41, 5.74) is 1.14. The summed E-state index contributed by atoms with van der Waals surface area (Å²) in [5, 5.41) is 16.2. The van der Waals surface area contributed by atoms with Gasteiger partial charge in [-0.05, 0) is 60.0 Å². The summed E-state index contributed by atoms with van der Waals surface area (Å²) in [6.45, 7) is 3.09. The number of nitrogens with one attached hydrogen (secondary N) is 1. The van der Waals surface area contributed by atoms with E-state index in [1.165, 1.54) is 12.8 Å². The molecular weight excluding hydrogens is 274 g/mol. The lowest BCUT2D eigenvalue weighted by Gasteiger charge is -2.22. The standard InChI is InChI=1S/C14H18ClN5/c15-13-3-1-2-12(8-13)9-14-17-18-19-20(14)10-11-4-6-16-7-5-11/h1-3,8,11,16H,4-7,9-10H2. The summed E-state index contributed by atoms with van der Waals surface area (Å²) >= 11 is 6.02. The Morgan fingerprint density at radius 1 is 1.30 bits per heavy atom. The van der Waals surface area contributed by atoms with Gasteiger partial charge in [0.25, 0.3) is 0 Å². The van der Waals surface area contributed by atoms with Crippen molar-refractivity contribution in [3.63, 3.8) is 0 Å². The van der Waals surface area contributed by atoms with E-state index in [1.807, 2.05) is 22.9 Å². The van der Waals surface area contributed by atoms with Crippen LogP contribution in [-0.2, 0) is 13.0 Å². The van der Waals surface area contributed by atoms with Crippen molar-refractivity contribution in [2.24, 2.45) is 5.92 Å². The summed E-state index contributed by atoms with van der Waals surface area (Å²) in [6.07, 6.45) is 3.10. The Kier molecular flexibility index (Phi) is 4.28. The van der Waals surface area contributed by atoms with E-state index in [0.29, 0.717) is 5.92 Å². The van der Waals surface area contributed by atoms with E-state index in [1.54, 1.807) is 0 Å². The Bertz CT molecular complexity index is 562. The minimum atomic E-state index is 0.665.